The number of rotatable bonds is 5. The van der Waals surface area contributed by atoms with Gasteiger partial charge in [-0.1, -0.05) is 17.7 Å². The third kappa shape index (κ3) is 4.56. The van der Waals surface area contributed by atoms with Crippen molar-refractivity contribution >= 4 is 28.4 Å². The van der Waals surface area contributed by atoms with Crippen LogP contribution in [-0.4, -0.2) is 28.2 Å². The van der Waals surface area contributed by atoms with Gasteiger partial charge in [-0.25, -0.2) is 0 Å². The Morgan fingerprint density at radius 1 is 1.29 bits per heavy atom. The van der Waals surface area contributed by atoms with Crippen LogP contribution >= 0.6 is 11.6 Å². The summed E-state index contributed by atoms with van der Waals surface area (Å²) in [5.74, 6) is -0.299. The highest BCUT2D eigenvalue weighted by atomic mass is 35.5. The molecule has 9 heteroatoms. The van der Waals surface area contributed by atoms with E-state index in [0.717, 1.165) is 10.9 Å². The molecule has 28 heavy (non-hydrogen) atoms. The summed E-state index contributed by atoms with van der Waals surface area (Å²) < 4.78 is 42.9. The number of aryl methyl sites for hydroxylation is 1. The Bertz CT molecular complexity index is 1000. The van der Waals surface area contributed by atoms with Crippen molar-refractivity contribution in [3.8, 4) is 5.75 Å². The second kappa shape index (κ2) is 7.71. The molecule has 0 fully saturated rings. The molecule has 0 aliphatic rings. The lowest BCUT2D eigenvalue weighted by Crippen LogP contribution is -2.28. The SMILES string of the molecule is CC(NC(=O)c1cc2ccc(Cl)cc2n1C)c1ccc(OCC(F)(F)F)cn1. The molecule has 0 bridgehead atoms. The predicted octanol–water partition coefficient (Wildman–Crippen LogP) is 4.66. The van der Waals surface area contributed by atoms with Crippen molar-refractivity contribution in [2.75, 3.05) is 6.61 Å². The molecular weight excluding hydrogens is 395 g/mol. The molecule has 1 amide bonds. The Morgan fingerprint density at radius 2 is 2.04 bits per heavy atom. The normalized spacial score (nSPS) is 12.8. The Hall–Kier alpha value is -2.74. The summed E-state index contributed by atoms with van der Waals surface area (Å²) in [6.07, 6.45) is -3.22. The number of carbonyl (C=O) groups excluding carboxylic acids is 1. The van der Waals surface area contributed by atoms with Crippen molar-refractivity contribution in [3.05, 3.63) is 59.0 Å². The number of hydrogen-bond donors (Lipinski definition) is 1. The molecule has 148 valence electrons. The highest BCUT2D eigenvalue weighted by Crippen LogP contribution is 2.23. The minimum absolute atomic E-state index is 0.00478. The first-order chi connectivity index (χ1) is 13.1. The van der Waals surface area contributed by atoms with E-state index in [1.165, 1.54) is 18.3 Å². The number of halogens is 4. The summed E-state index contributed by atoms with van der Waals surface area (Å²) >= 11 is 6.01. The molecule has 0 saturated carbocycles. The molecule has 5 nitrogen and oxygen atoms in total. The number of carbonyl (C=O) groups is 1. The van der Waals surface area contributed by atoms with Crippen molar-refractivity contribution in [3.63, 3.8) is 0 Å². The molecule has 3 rings (SSSR count). The number of nitrogens with zero attached hydrogens (tertiary/aromatic N) is 2. The monoisotopic (exact) mass is 411 g/mol. The summed E-state index contributed by atoms with van der Waals surface area (Å²) in [7, 11) is 1.77. The van der Waals surface area contributed by atoms with Crippen LogP contribution in [0.1, 0.15) is 29.1 Å². The molecular formula is C19H17ClF3N3O2. The van der Waals surface area contributed by atoms with Crippen LogP contribution in [0.4, 0.5) is 13.2 Å². The van der Waals surface area contributed by atoms with Gasteiger partial charge in [0, 0.05) is 23.0 Å². The molecule has 0 spiro atoms. The molecule has 1 aromatic carbocycles. The van der Waals surface area contributed by atoms with Crippen molar-refractivity contribution in [1.29, 1.82) is 0 Å². The van der Waals surface area contributed by atoms with Crippen molar-refractivity contribution in [1.82, 2.24) is 14.9 Å². The predicted molar refractivity (Wildman–Crippen MR) is 99.6 cm³/mol. The van der Waals surface area contributed by atoms with Crippen LogP contribution in [-0.2, 0) is 7.05 Å². The number of fused-ring (bicyclic) bond motifs is 1. The van der Waals surface area contributed by atoms with Crippen molar-refractivity contribution in [2.24, 2.45) is 7.05 Å². The zero-order chi connectivity index (χ0) is 20.5. The fraction of sp³-hybridized carbons (Fsp3) is 0.263. The standard InChI is InChI=1S/C19H17ClF3N3O2/c1-11(15-6-5-14(9-24-15)28-10-19(21,22)23)25-18(27)17-7-12-3-4-13(20)8-16(12)26(17)2/h3-9,11H,10H2,1-2H3,(H,25,27). The van der Waals surface area contributed by atoms with Gasteiger partial charge in [-0.2, -0.15) is 13.2 Å². The molecule has 2 aromatic heterocycles. The first-order valence-electron chi connectivity index (χ1n) is 8.35. The fourth-order valence-corrected chi connectivity index (χ4v) is 2.93. The molecule has 1 N–H and O–H groups in total. The molecule has 2 heterocycles. The Balaban J connectivity index is 1.70. The highest BCUT2D eigenvalue weighted by molar-refractivity contribution is 6.31. The van der Waals surface area contributed by atoms with E-state index in [1.807, 2.05) is 6.07 Å². The smallest absolute Gasteiger partial charge is 0.422 e. The van der Waals surface area contributed by atoms with Gasteiger partial charge in [0.1, 0.15) is 11.4 Å². The van der Waals surface area contributed by atoms with E-state index >= 15 is 0 Å². The van der Waals surface area contributed by atoms with Crippen molar-refractivity contribution < 1.29 is 22.7 Å². The van der Waals surface area contributed by atoms with Crippen LogP contribution in [0.25, 0.3) is 10.9 Å². The summed E-state index contributed by atoms with van der Waals surface area (Å²) in [5.41, 5.74) is 1.78. The lowest BCUT2D eigenvalue weighted by atomic mass is 10.2. The van der Waals surface area contributed by atoms with Gasteiger partial charge in [0.2, 0.25) is 0 Å². The fourth-order valence-electron chi connectivity index (χ4n) is 2.76. The second-order valence-corrected chi connectivity index (χ2v) is 6.75. The third-order valence-corrected chi connectivity index (χ3v) is 4.43. The first kappa shape index (κ1) is 20.0. The van der Waals surface area contributed by atoms with Crippen LogP contribution in [0.5, 0.6) is 5.75 Å². The van der Waals surface area contributed by atoms with Gasteiger partial charge >= 0.3 is 6.18 Å². The lowest BCUT2D eigenvalue weighted by Gasteiger charge is -2.15. The van der Waals surface area contributed by atoms with E-state index in [9.17, 15) is 18.0 Å². The van der Waals surface area contributed by atoms with Crippen molar-refractivity contribution in [2.45, 2.75) is 19.1 Å². The Kier molecular flexibility index (Phi) is 5.51. The Morgan fingerprint density at radius 3 is 2.68 bits per heavy atom. The summed E-state index contributed by atoms with van der Waals surface area (Å²) in [6.45, 7) is 0.349. The third-order valence-electron chi connectivity index (χ3n) is 4.19. The lowest BCUT2D eigenvalue weighted by molar-refractivity contribution is -0.153. The quantitative estimate of drug-likeness (QED) is 0.664. The molecule has 0 radical (unpaired) electrons. The van der Waals surface area contributed by atoms with Gasteiger partial charge in [-0.3, -0.25) is 9.78 Å². The minimum Gasteiger partial charge on any atom is -0.483 e. The number of alkyl halides is 3. The van der Waals surface area contributed by atoms with Crippen LogP contribution in [0, 0.1) is 0 Å². The maximum Gasteiger partial charge on any atom is 0.422 e. The average Bonchev–Trinajstić information content (AvgIpc) is 2.96. The number of benzene rings is 1. The number of hydrogen-bond acceptors (Lipinski definition) is 3. The van der Waals surface area contributed by atoms with E-state index < -0.39 is 18.8 Å². The molecule has 0 aliphatic heterocycles. The second-order valence-electron chi connectivity index (χ2n) is 6.31. The van der Waals surface area contributed by atoms with Gasteiger partial charge in [-0.15, -0.1) is 0 Å². The summed E-state index contributed by atoms with van der Waals surface area (Å²) in [5, 5.41) is 4.29. The van der Waals surface area contributed by atoms with Crippen LogP contribution in [0.15, 0.2) is 42.6 Å². The number of nitrogens with one attached hydrogen (secondary N) is 1. The number of aromatic nitrogens is 2. The van der Waals surface area contributed by atoms with Crippen LogP contribution in [0.2, 0.25) is 5.02 Å². The minimum atomic E-state index is -4.41. The molecule has 0 aliphatic carbocycles. The van der Waals surface area contributed by atoms with Gasteiger partial charge in [0.15, 0.2) is 6.61 Å². The topological polar surface area (TPSA) is 56.2 Å². The zero-order valence-corrected chi connectivity index (χ0v) is 15.8. The largest absolute Gasteiger partial charge is 0.483 e. The van der Waals surface area contributed by atoms with Crippen LogP contribution in [0.3, 0.4) is 0 Å². The van der Waals surface area contributed by atoms with E-state index in [2.05, 4.69) is 15.0 Å². The van der Waals surface area contributed by atoms with Crippen LogP contribution < -0.4 is 10.1 Å². The molecule has 0 saturated heterocycles. The maximum absolute atomic E-state index is 12.6. The van der Waals surface area contributed by atoms with E-state index in [-0.39, 0.29) is 11.7 Å². The number of amides is 1. The van der Waals surface area contributed by atoms with E-state index in [1.54, 1.807) is 36.7 Å². The van der Waals surface area contributed by atoms with Gasteiger partial charge in [-0.05, 0) is 37.3 Å². The van der Waals surface area contributed by atoms with E-state index in [0.29, 0.717) is 16.4 Å². The maximum atomic E-state index is 12.6. The molecule has 1 unspecified atom stereocenters. The highest BCUT2D eigenvalue weighted by Gasteiger charge is 2.28. The van der Waals surface area contributed by atoms with Gasteiger partial charge in [0.05, 0.1) is 17.9 Å². The van der Waals surface area contributed by atoms with E-state index in [4.69, 9.17) is 11.6 Å². The van der Waals surface area contributed by atoms with Gasteiger partial charge in [0.25, 0.3) is 5.91 Å². The summed E-state index contributed by atoms with van der Waals surface area (Å²) in [6, 6.07) is 9.56. The number of pyridine rings is 1. The molecule has 3 aromatic rings. The Labute approximate surface area is 164 Å². The average molecular weight is 412 g/mol. The summed E-state index contributed by atoms with van der Waals surface area (Å²) in [4.78, 5) is 16.7. The zero-order valence-electron chi connectivity index (χ0n) is 15.0. The van der Waals surface area contributed by atoms with Gasteiger partial charge < -0.3 is 14.6 Å². The number of ether oxygens (including phenoxy) is 1. The molecule has 1 atom stereocenters. The first-order valence-corrected chi connectivity index (χ1v) is 8.73.